The van der Waals surface area contributed by atoms with Crippen molar-refractivity contribution in [1.82, 2.24) is 5.32 Å². The van der Waals surface area contributed by atoms with E-state index in [1.807, 2.05) is 6.07 Å². The first-order valence-corrected chi connectivity index (χ1v) is 13.3. The van der Waals surface area contributed by atoms with Crippen molar-refractivity contribution >= 4 is 52.3 Å². The van der Waals surface area contributed by atoms with Gasteiger partial charge in [-0.25, -0.2) is 0 Å². The summed E-state index contributed by atoms with van der Waals surface area (Å²) in [5.41, 5.74) is 2.93. The third kappa shape index (κ3) is 6.05. The molecule has 0 saturated carbocycles. The van der Waals surface area contributed by atoms with Crippen LogP contribution in [0.15, 0.2) is 94.7 Å². The van der Waals surface area contributed by atoms with Gasteiger partial charge in [0.25, 0.3) is 5.91 Å². The summed E-state index contributed by atoms with van der Waals surface area (Å²) in [7, 11) is 1.56. The fourth-order valence-corrected chi connectivity index (χ4v) is 5.43. The number of Topliss-reactive ketones (excluding diaryl/α,β-unsaturated/α-hetero) is 1. The maximum absolute atomic E-state index is 13.5. The molecule has 0 aliphatic carbocycles. The number of dihydropyridines is 1. The molecule has 1 heterocycles. The molecule has 9 heteroatoms. The van der Waals surface area contributed by atoms with Crippen LogP contribution in [0.5, 0.6) is 5.75 Å². The van der Waals surface area contributed by atoms with E-state index in [-0.39, 0.29) is 17.4 Å². The van der Waals surface area contributed by atoms with Crippen LogP contribution in [0.4, 0.5) is 5.69 Å². The van der Waals surface area contributed by atoms with Crippen LogP contribution in [-0.4, -0.2) is 24.6 Å². The Labute approximate surface area is 235 Å². The molecular weight excluding hydrogens is 541 g/mol. The molecule has 0 radical (unpaired) electrons. The lowest BCUT2D eigenvalue weighted by Crippen LogP contribution is -2.31. The average Bonchev–Trinajstić information content (AvgIpc) is 2.92. The van der Waals surface area contributed by atoms with E-state index in [0.717, 1.165) is 0 Å². The number of nitrogens with zero attached hydrogens (tertiary/aromatic N) is 1. The fraction of sp³-hybridized carbons (Fsp3) is 0.138. The Bertz CT molecular complexity index is 1480. The first-order valence-electron chi connectivity index (χ1n) is 11.6. The van der Waals surface area contributed by atoms with Gasteiger partial charge in [-0.1, -0.05) is 53.2 Å². The molecule has 1 aliphatic heterocycles. The van der Waals surface area contributed by atoms with Crippen LogP contribution < -0.4 is 15.4 Å². The van der Waals surface area contributed by atoms with Gasteiger partial charge in [0.1, 0.15) is 5.75 Å². The number of benzene rings is 3. The summed E-state index contributed by atoms with van der Waals surface area (Å²) >= 11 is 13.8. The highest BCUT2D eigenvalue weighted by Gasteiger charge is 2.36. The van der Waals surface area contributed by atoms with Crippen LogP contribution in [-0.2, 0) is 4.79 Å². The molecule has 0 unspecified atom stereocenters. The molecule has 2 N–H and O–H groups in total. The highest BCUT2D eigenvalue weighted by molar-refractivity contribution is 8.03. The largest absolute Gasteiger partial charge is 0.497 e. The van der Waals surface area contributed by atoms with Gasteiger partial charge in [0, 0.05) is 32.6 Å². The average molecular weight is 564 g/mol. The Morgan fingerprint density at radius 2 is 1.74 bits per heavy atom. The summed E-state index contributed by atoms with van der Waals surface area (Å²) in [5, 5.41) is 17.8. The molecule has 1 atom stereocenters. The molecule has 0 spiro atoms. The Kier molecular flexibility index (Phi) is 8.80. The van der Waals surface area contributed by atoms with Crippen LogP contribution in [0.3, 0.4) is 0 Å². The van der Waals surface area contributed by atoms with E-state index in [1.165, 1.54) is 11.8 Å². The summed E-state index contributed by atoms with van der Waals surface area (Å²) in [5.74, 6) is -0.472. The lowest BCUT2D eigenvalue weighted by Gasteiger charge is -2.30. The minimum atomic E-state index is -0.735. The number of nitrogens with one attached hydrogen (secondary N) is 2. The molecule has 192 valence electrons. The van der Waals surface area contributed by atoms with Crippen molar-refractivity contribution < 1.29 is 14.3 Å². The molecule has 0 fully saturated rings. The Balaban J connectivity index is 1.67. The molecule has 4 rings (SSSR count). The molecule has 0 bridgehead atoms. The molecule has 38 heavy (non-hydrogen) atoms. The first kappa shape index (κ1) is 27.3. The standard InChI is InChI=1S/C29H23Cl2N3O3S/c1-17-26(28(36)34-20-11-9-19(30)10-12-20)27(22-5-3-4-6-24(22)31)23(15-32)29(33-17)38-16-25(35)18-7-13-21(37-2)14-8-18/h3-14,27,33H,16H2,1-2H3,(H,34,36)/t27-/m0/s1. The summed E-state index contributed by atoms with van der Waals surface area (Å²) < 4.78 is 5.16. The van der Waals surface area contributed by atoms with Crippen molar-refractivity contribution in [3.8, 4) is 11.8 Å². The molecule has 6 nitrogen and oxygen atoms in total. The zero-order chi connectivity index (χ0) is 27.2. The van der Waals surface area contributed by atoms with E-state index in [9.17, 15) is 14.9 Å². The van der Waals surface area contributed by atoms with E-state index in [4.69, 9.17) is 27.9 Å². The topological polar surface area (TPSA) is 91.2 Å². The summed E-state index contributed by atoms with van der Waals surface area (Å²) in [6.07, 6.45) is 0. The van der Waals surface area contributed by atoms with Crippen molar-refractivity contribution in [2.45, 2.75) is 12.8 Å². The molecule has 1 aliphatic rings. The van der Waals surface area contributed by atoms with Gasteiger partial charge in [-0.15, -0.1) is 0 Å². The van der Waals surface area contributed by atoms with Crippen molar-refractivity contribution in [3.05, 3.63) is 116 Å². The lowest BCUT2D eigenvalue weighted by atomic mass is 9.82. The number of carbonyl (C=O) groups excluding carboxylic acids is 2. The minimum absolute atomic E-state index is 0.0919. The van der Waals surface area contributed by atoms with Crippen LogP contribution in [0.25, 0.3) is 0 Å². The highest BCUT2D eigenvalue weighted by atomic mass is 35.5. The van der Waals surface area contributed by atoms with Gasteiger partial charge >= 0.3 is 0 Å². The summed E-state index contributed by atoms with van der Waals surface area (Å²) in [6.45, 7) is 1.76. The van der Waals surface area contributed by atoms with Crippen molar-refractivity contribution in [2.75, 3.05) is 18.2 Å². The zero-order valence-electron chi connectivity index (χ0n) is 20.5. The van der Waals surface area contributed by atoms with E-state index < -0.39 is 5.92 Å². The van der Waals surface area contributed by atoms with E-state index in [2.05, 4.69) is 16.7 Å². The first-order chi connectivity index (χ1) is 18.3. The molecule has 3 aromatic rings. The van der Waals surface area contributed by atoms with Gasteiger partial charge in [-0.2, -0.15) is 5.26 Å². The van der Waals surface area contributed by atoms with Gasteiger partial charge < -0.3 is 15.4 Å². The maximum atomic E-state index is 13.5. The van der Waals surface area contributed by atoms with E-state index in [1.54, 1.807) is 80.8 Å². The molecular formula is C29H23Cl2N3O3S. The van der Waals surface area contributed by atoms with Crippen molar-refractivity contribution in [1.29, 1.82) is 5.26 Å². The fourth-order valence-electron chi connectivity index (χ4n) is 4.08. The van der Waals surface area contributed by atoms with Crippen LogP contribution in [0.2, 0.25) is 10.0 Å². The maximum Gasteiger partial charge on any atom is 0.254 e. The smallest absolute Gasteiger partial charge is 0.254 e. The van der Waals surface area contributed by atoms with Crippen molar-refractivity contribution in [2.24, 2.45) is 0 Å². The second kappa shape index (κ2) is 12.2. The van der Waals surface area contributed by atoms with Gasteiger partial charge in [-0.05, 0) is 67.1 Å². The number of nitriles is 1. The van der Waals surface area contributed by atoms with Gasteiger partial charge in [0.2, 0.25) is 0 Å². The number of ketones is 1. The highest BCUT2D eigenvalue weighted by Crippen LogP contribution is 2.43. The normalized spacial score (nSPS) is 15.0. The quantitative estimate of drug-likeness (QED) is 0.288. The Hall–Kier alpha value is -3.70. The third-order valence-electron chi connectivity index (χ3n) is 5.97. The van der Waals surface area contributed by atoms with Crippen molar-refractivity contribution in [3.63, 3.8) is 0 Å². The minimum Gasteiger partial charge on any atom is -0.497 e. The lowest BCUT2D eigenvalue weighted by molar-refractivity contribution is -0.113. The number of halogens is 2. The second-order valence-corrected chi connectivity index (χ2v) is 10.2. The van der Waals surface area contributed by atoms with Gasteiger partial charge in [-0.3, -0.25) is 9.59 Å². The summed E-state index contributed by atoms with van der Waals surface area (Å²) in [4.78, 5) is 26.4. The number of thioether (sulfide) groups is 1. The Morgan fingerprint density at radius 1 is 1.05 bits per heavy atom. The van der Waals surface area contributed by atoms with Crippen LogP contribution >= 0.6 is 35.0 Å². The predicted molar refractivity (Wildman–Crippen MR) is 153 cm³/mol. The SMILES string of the molecule is COc1ccc(C(=O)CSC2=C(C#N)[C@H](c3ccccc3Cl)C(C(=O)Nc3ccc(Cl)cc3)=C(C)N2)cc1. The number of rotatable bonds is 8. The number of anilines is 1. The van der Waals surface area contributed by atoms with E-state index >= 15 is 0 Å². The van der Waals surface area contributed by atoms with E-state index in [0.29, 0.717) is 54.5 Å². The number of carbonyl (C=O) groups is 2. The molecule has 0 aromatic heterocycles. The zero-order valence-corrected chi connectivity index (χ0v) is 22.9. The number of allylic oxidation sites excluding steroid dienone is 2. The second-order valence-electron chi connectivity index (χ2n) is 8.37. The number of ether oxygens (including phenoxy) is 1. The molecule has 3 aromatic carbocycles. The van der Waals surface area contributed by atoms with Crippen LogP contribution in [0.1, 0.15) is 28.8 Å². The molecule has 0 saturated heterocycles. The number of hydrogen-bond acceptors (Lipinski definition) is 6. The van der Waals surface area contributed by atoms with Gasteiger partial charge in [0.15, 0.2) is 5.78 Å². The predicted octanol–water partition coefficient (Wildman–Crippen LogP) is 6.95. The van der Waals surface area contributed by atoms with Crippen LogP contribution in [0, 0.1) is 11.3 Å². The summed E-state index contributed by atoms with van der Waals surface area (Å²) in [6, 6.07) is 23.0. The Morgan fingerprint density at radius 3 is 2.37 bits per heavy atom. The number of methoxy groups -OCH3 is 1. The molecule has 1 amide bonds. The van der Waals surface area contributed by atoms with Gasteiger partial charge in [0.05, 0.1) is 35.5 Å². The number of amides is 1. The number of hydrogen-bond donors (Lipinski definition) is 2. The third-order valence-corrected chi connectivity index (χ3v) is 7.58. The monoisotopic (exact) mass is 563 g/mol.